The maximum Gasteiger partial charge on any atom is 0.259 e. The molecule has 21 heavy (non-hydrogen) atoms. The second-order valence-corrected chi connectivity index (χ2v) is 5.64. The zero-order valence-electron chi connectivity index (χ0n) is 10.9. The fraction of sp³-hybridized carbons (Fsp3) is 0.0714. The monoisotopic (exact) mass is 300 g/mol. The van der Waals surface area contributed by atoms with E-state index < -0.39 is 5.82 Å². The highest BCUT2D eigenvalue weighted by molar-refractivity contribution is 7.16. The first kappa shape index (κ1) is 12.2. The molecule has 4 aromatic heterocycles. The van der Waals surface area contributed by atoms with E-state index in [1.807, 2.05) is 0 Å². The van der Waals surface area contributed by atoms with Crippen LogP contribution in [0.5, 0.6) is 0 Å². The Hall–Kier alpha value is -2.54. The number of nitrogens with zero attached hydrogens (tertiary/aromatic N) is 3. The molecule has 0 amide bonds. The van der Waals surface area contributed by atoms with Gasteiger partial charge in [0.2, 0.25) is 0 Å². The Kier molecular flexibility index (Phi) is 2.46. The van der Waals surface area contributed by atoms with Gasteiger partial charge in [0, 0.05) is 18.0 Å². The number of aryl methyl sites for hydroxylation is 1. The standard InChI is InChI=1S/C14H9FN4OS/c1-7-5-19-6-8(4-10(15)12(19)16-7)11-17-13(20)9-2-3-21-14(9)18-11/h2-6H,1H3,(H,17,18,20). The highest BCUT2D eigenvalue weighted by Gasteiger charge is 2.11. The lowest BCUT2D eigenvalue weighted by molar-refractivity contribution is 0.630. The summed E-state index contributed by atoms with van der Waals surface area (Å²) in [6.07, 6.45) is 3.43. The normalized spacial score (nSPS) is 11.5. The molecule has 0 bridgehead atoms. The SMILES string of the molecule is Cc1cn2cc(-c3nc4sccc4c(=O)[nH]3)cc(F)c2n1. The van der Waals surface area contributed by atoms with Crippen molar-refractivity contribution in [2.75, 3.05) is 0 Å². The summed E-state index contributed by atoms with van der Waals surface area (Å²) >= 11 is 1.38. The van der Waals surface area contributed by atoms with E-state index in [-0.39, 0.29) is 11.2 Å². The Morgan fingerprint density at radius 1 is 1.33 bits per heavy atom. The third-order valence-corrected chi connectivity index (χ3v) is 4.04. The average molecular weight is 300 g/mol. The minimum atomic E-state index is -0.450. The van der Waals surface area contributed by atoms with Crippen LogP contribution in [0.25, 0.3) is 27.3 Å². The van der Waals surface area contributed by atoms with Gasteiger partial charge in [-0.05, 0) is 24.4 Å². The number of rotatable bonds is 1. The summed E-state index contributed by atoms with van der Waals surface area (Å²) in [5.74, 6) is -0.100. The van der Waals surface area contributed by atoms with Gasteiger partial charge < -0.3 is 9.38 Å². The second-order valence-electron chi connectivity index (χ2n) is 4.74. The molecule has 0 atom stereocenters. The Bertz CT molecular complexity index is 1050. The van der Waals surface area contributed by atoms with Crippen molar-refractivity contribution in [2.24, 2.45) is 0 Å². The summed E-state index contributed by atoms with van der Waals surface area (Å²) in [6, 6.07) is 3.05. The summed E-state index contributed by atoms with van der Waals surface area (Å²) in [7, 11) is 0. The Morgan fingerprint density at radius 2 is 2.19 bits per heavy atom. The van der Waals surface area contributed by atoms with Crippen LogP contribution in [-0.4, -0.2) is 19.4 Å². The molecule has 0 fully saturated rings. The van der Waals surface area contributed by atoms with Crippen molar-refractivity contribution in [1.82, 2.24) is 19.4 Å². The summed E-state index contributed by atoms with van der Waals surface area (Å²) in [5.41, 5.74) is 1.26. The quantitative estimate of drug-likeness (QED) is 0.588. The molecule has 0 aliphatic heterocycles. The number of imidazole rings is 1. The largest absolute Gasteiger partial charge is 0.306 e. The highest BCUT2D eigenvalue weighted by Crippen LogP contribution is 2.22. The molecule has 0 aliphatic rings. The van der Waals surface area contributed by atoms with Gasteiger partial charge in [0.05, 0.1) is 11.1 Å². The van der Waals surface area contributed by atoms with Crippen LogP contribution in [0.1, 0.15) is 5.69 Å². The third-order valence-electron chi connectivity index (χ3n) is 3.23. The molecule has 0 radical (unpaired) electrons. The van der Waals surface area contributed by atoms with Crippen LogP contribution < -0.4 is 5.56 Å². The lowest BCUT2D eigenvalue weighted by atomic mass is 10.2. The molecule has 4 aromatic rings. The molecule has 0 aliphatic carbocycles. The van der Waals surface area contributed by atoms with Crippen LogP contribution in [0, 0.1) is 12.7 Å². The first-order chi connectivity index (χ1) is 10.1. The van der Waals surface area contributed by atoms with Gasteiger partial charge in [0.25, 0.3) is 5.56 Å². The Labute approximate surface area is 121 Å². The van der Waals surface area contributed by atoms with Crippen LogP contribution in [0.2, 0.25) is 0 Å². The predicted octanol–water partition coefficient (Wildman–Crippen LogP) is 2.75. The van der Waals surface area contributed by atoms with Gasteiger partial charge in [-0.25, -0.2) is 14.4 Å². The molecule has 0 saturated heterocycles. The van der Waals surface area contributed by atoms with E-state index in [1.165, 1.54) is 17.4 Å². The zero-order valence-corrected chi connectivity index (χ0v) is 11.7. The number of thiophene rings is 1. The minimum absolute atomic E-state index is 0.224. The van der Waals surface area contributed by atoms with E-state index in [9.17, 15) is 9.18 Å². The van der Waals surface area contributed by atoms with Crippen LogP contribution in [0.15, 0.2) is 34.7 Å². The zero-order chi connectivity index (χ0) is 14.6. The van der Waals surface area contributed by atoms with Crippen molar-refractivity contribution in [2.45, 2.75) is 6.92 Å². The molecule has 0 aromatic carbocycles. The number of aromatic nitrogens is 4. The van der Waals surface area contributed by atoms with Crippen molar-refractivity contribution in [1.29, 1.82) is 0 Å². The number of aromatic amines is 1. The lowest BCUT2D eigenvalue weighted by Crippen LogP contribution is -2.08. The number of halogens is 1. The number of fused-ring (bicyclic) bond motifs is 2. The molecule has 0 spiro atoms. The Morgan fingerprint density at radius 3 is 3.05 bits per heavy atom. The van der Waals surface area contributed by atoms with Crippen LogP contribution in [0.3, 0.4) is 0 Å². The van der Waals surface area contributed by atoms with Crippen molar-refractivity contribution >= 4 is 27.2 Å². The molecule has 7 heteroatoms. The summed E-state index contributed by atoms with van der Waals surface area (Å²) in [6.45, 7) is 1.80. The van der Waals surface area contributed by atoms with Crippen molar-refractivity contribution in [3.05, 3.63) is 51.8 Å². The smallest absolute Gasteiger partial charge is 0.259 e. The van der Waals surface area contributed by atoms with Gasteiger partial charge in [-0.3, -0.25) is 4.79 Å². The van der Waals surface area contributed by atoms with E-state index in [0.29, 0.717) is 21.6 Å². The van der Waals surface area contributed by atoms with Gasteiger partial charge in [-0.1, -0.05) is 0 Å². The van der Waals surface area contributed by atoms with Crippen LogP contribution >= 0.6 is 11.3 Å². The molecule has 4 rings (SSSR count). The lowest BCUT2D eigenvalue weighted by Gasteiger charge is -2.03. The van der Waals surface area contributed by atoms with Crippen LogP contribution in [0.4, 0.5) is 4.39 Å². The summed E-state index contributed by atoms with van der Waals surface area (Å²) in [5, 5.41) is 2.35. The Balaban J connectivity index is 2.01. The first-order valence-corrected chi connectivity index (χ1v) is 7.12. The minimum Gasteiger partial charge on any atom is -0.306 e. The molecule has 5 nitrogen and oxygen atoms in total. The highest BCUT2D eigenvalue weighted by atomic mass is 32.1. The molecular weight excluding hydrogens is 291 g/mol. The third kappa shape index (κ3) is 1.85. The van der Waals surface area contributed by atoms with E-state index in [1.54, 1.807) is 35.2 Å². The summed E-state index contributed by atoms with van der Waals surface area (Å²) < 4.78 is 15.7. The summed E-state index contributed by atoms with van der Waals surface area (Å²) in [4.78, 5) is 23.8. The molecular formula is C14H9FN4OS. The van der Waals surface area contributed by atoms with E-state index in [2.05, 4.69) is 15.0 Å². The van der Waals surface area contributed by atoms with E-state index >= 15 is 0 Å². The molecule has 1 N–H and O–H groups in total. The molecule has 0 saturated carbocycles. The van der Waals surface area contributed by atoms with Gasteiger partial charge in [-0.15, -0.1) is 11.3 Å². The number of hydrogen-bond acceptors (Lipinski definition) is 4. The average Bonchev–Trinajstić information content (AvgIpc) is 3.04. The van der Waals surface area contributed by atoms with Crippen molar-refractivity contribution < 1.29 is 4.39 Å². The number of pyridine rings is 1. The van der Waals surface area contributed by atoms with Gasteiger partial charge in [-0.2, -0.15) is 0 Å². The fourth-order valence-electron chi connectivity index (χ4n) is 2.31. The van der Waals surface area contributed by atoms with E-state index in [0.717, 1.165) is 5.69 Å². The number of nitrogens with one attached hydrogen (secondary N) is 1. The van der Waals surface area contributed by atoms with Crippen molar-refractivity contribution in [3.63, 3.8) is 0 Å². The molecule has 4 heterocycles. The van der Waals surface area contributed by atoms with Gasteiger partial charge in [0.15, 0.2) is 11.5 Å². The predicted molar refractivity (Wildman–Crippen MR) is 79.1 cm³/mol. The maximum absolute atomic E-state index is 14.1. The fourth-order valence-corrected chi connectivity index (χ4v) is 3.08. The van der Waals surface area contributed by atoms with Crippen LogP contribution in [-0.2, 0) is 0 Å². The molecule has 104 valence electrons. The van der Waals surface area contributed by atoms with E-state index in [4.69, 9.17) is 0 Å². The van der Waals surface area contributed by atoms with Gasteiger partial charge >= 0.3 is 0 Å². The van der Waals surface area contributed by atoms with Gasteiger partial charge in [0.1, 0.15) is 10.7 Å². The molecule has 0 unspecified atom stereocenters. The second kappa shape index (κ2) is 4.23. The topological polar surface area (TPSA) is 63.1 Å². The first-order valence-electron chi connectivity index (χ1n) is 6.24. The number of H-pyrrole nitrogens is 1. The maximum atomic E-state index is 14.1. The van der Waals surface area contributed by atoms with Crippen molar-refractivity contribution in [3.8, 4) is 11.4 Å². The number of hydrogen-bond donors (Lipinski definition) is 1.